The Hall–Kier alpha value is -1.53. The Balaban J connectivity index is 0.00000220. The van der Waals surface area contributed by atoms with Crippen LogP contribution in [0.2, 0.25) is 0 Å². The third kappa shape index (κ3) is 5.40. The Morgan fingerprint density at radius 2 is 2.14 bits per heavy atom. The molecule has 0 unspecified atom stereocenters. The molecule has 1 aliphatic carbocycles. The van der Waals surface area contributed by atoms with Gasteiger partial charge in [-0.25, -0.2) is 4.79 Å². The number of hydrogen-bond acceptors (Lipinski definition) is 5. The Kier molecular flexibility index (Phi) is 6.71. The number of aryl methyl sites for hydroxylation is 1. The fourth-order valence-corrected chi connectivity index (χ4v) is 1.90. The lowest BCUT2D eigenvalue weighted by Gasteiger charge is -2.04. The molecule has 0 radical (unpaired) electrons. The van der Waals surface area contributed by atoms with Gasteiger partial charge in [0.25, 0.3) is 0 Å². The standard InChI is InChI=1S/C14H20N2O4.ClH/c1-9-12(14(18)19-2)5-11(20-9)7-16-13(17)8-15-6-10-3-4-10;/h5,10,15H,3-4,6-8H2,1-2H3,(H,16,17);1H. The van der Waals surface area contributed by atoms with E-state index in [1.165, 1.54) is 20.0 Å². The van der Waals surface area contributed by atoms with Gasteiger partial charge in [-0.3, -0.25) is 4.79 Å². The molecule has 1 saturated carbocycles. The molecule has 118 valence electrons. The highest BCUT2D eigenvalue weighted by Crippen LogP contribution is 2.27. The Morgan fingerprint density at radius 3 is 2.76 bits per heavy atom. The summed E-state index contributed by atoms with van der Waals surface area (Å²) in [6.07, 6.45) is 2.52. The van der Waals surface area contributed by atoms with Crippen LogP contribution in [0.1, 0.15) is 34.7 Å². The number of ether oxygens (including phenoxy) is 1. The normalized spacial score (nSPS) is 13.4. The van der Waals surface area contributed by atoms with Gasteiger partial charge in [0.1, 0.15) is 17.1 Å². The predicted octanol–water partition coefficient (Wildman–Crippen LogP) is 1.41. The average Bonchev–Trinajstić information content (AvgIpc) is 3.17. The largest absolute Gasteiger partial charge is 0.465 e. The summed E-state index contributed by atoms with van der Waals surface area (Å²) in [5.74, 6) is 1.26. The highest BCUT2D eigenvalue weighted by molar-refractivity contribution is 5.90. The van der Waals surface area contributed by atoms with E-state index < -0.39 is 5.97 Å². The van der Waals surface area contributed by atoms with Crippen LogP contribution in [0.15, 0.2) is 10.5 Å². The molecule has 2 N–H and O–H groups in total. The minimum atomic E-state index is -0.435. The van der Waals surface area contributed by atoms with E-state index in [9.17, 15) is 9.59 Å². The van der Waals surface area contributed by atoms with Gasteiger partial charge in [-0.1, -0.05) is 0 Å². The van der Waals surface area contributed by atoms with Gasteiger partial charge in [0, 0.05) is 0 Å². The predicted molar refractivity (Wildman–Crippen MR) is 79.5 cm³/mol. The van der Waals surface area contributed by atoms with E-state index in [0.717, 1.165) is 12.5 Å². The maximum absolute atomic E-state index is 11.6. The second-order valence-electron chi connectivity index (χ2n) is 5.03. The molecule has 0 bridgehead atoms. The van der Waals surface area contributed by atoms with Gasteiger partial charge in [-0.05, 0) is 38.3 Å². The van der Waals surface area contributed by atoms with Gasteiger partial charge in [0.2, 0.25) is 5.91 Å². The second-order valence-corrected chi connectivity index (χ2v) is 5.03. The third-order valence-electron chi connectivity index (χ3n) is 3.25. The van der Waals surface area contributed by atoms with E-state index in [-0.39, 0.29) is 24.9 Å². The zero-order valence-corrected chi connectivity index (χ0v) is 13.0. The molecule has 2 rings (SSSR count). The van der Waals surface area contributed by atoms with E-state index in [4.69, 9.17) is 4.42 Å². The fourth-order valence-electron chi connectivity index (χ4n) is 1.90. The molecule has 1 aromatic rings. The van der Waals surface area contributed by atoms with Crippen molar-refractivity contribution in [3.05, 3.63) is 23.2 Å². The monoisotopic (exact) mass is 316 g/mol. The molecule has 0 aromatic carbocycles. The van der Waals surface area contributed by atoms with E-state index in [2.05, 4.69) is 15.4 Å². The number of halogens is 1. The molecular weight excluding hydrogens is 296 g/mol. The zero-order chi connectivity index (χ0) is 14.5. The van der Waals surface area contributed by atoms with Gasteiger partial charge in [0.05, 0.1) is 20.2 Å². The van der Waals surface area contributed by atoms with Crippen LogP contribution in [0.25, 0.3) is 0 Å². The summed E-state index contributed by atoms with van der Waals surface area (Å²) in [4.78, 5) is 23.0. The van der Waals surface area contributed by atoms with Crippen molar-refractivity contribution in [2.45, 2.75) is 26.3 Å². The quantitative estimate of drug-likeness (QED) is 0.743. The highest BCUT2D eigenvalue weighted by Gasteiger charge is 2.20. The fraction of sp³-hybridized carbons (Fsp3) is 0.571. The number of carbonyl (C=O) groups is 2. The minimum Gasteiger partial charge on any atom is -0.465 e. The number of esters is 1. The molecule has 0 spiro atoms. The Morgan fingerprint density at radius 1 is 1.43 bits per heavy atom. The second kappa shape index (κ2) is 8.05. The van der Waals surface area contributed by atoms with Crippen LogP contribution in [0.3, 0.4) is 0 Å². The molecular formula is C14H21ClN2O4. The van der Waals surface area contributed by atoms with E-state index in [1.807, 2.05) is 0 Å². The van der Waals surface area contributed by atoms with Crippen LogP contribution in [0, 0.1) is 12.8 Å². The first-order valence-corrected chi connectivity index (χ1v) is 6.75. The summed E-state index contributed by atoms with van der Waals surface area (Å²) in [7, 11) is 1.32. The lowest BCUT2D eigenvalue weighted by atomic mass is 10.2. The summed E-state index contributed by atoms with van der Waals surface area (Å²) in [6, 6.07) is 1.60. The van der Waals surface area contributed by atoms with Crippen molar-refractivity contribution >= 4 is 24.3 Å². The van der Waals surface area contributed by atoms with Crippen LogP contribution < -0.4 is 10.6 Å². The van der Waals surface area contributed by atoms with Crippen molar-refractivity contribution in [1.29, 1.82) is 0 Å². The molecule has 1 fully saturated rings. The first kappa shape index (κ1) is 17.5. The molecule has 0 aliphatic heterocycles. The first-order valence-electron chi connectivity index (χ1n) is 6.75. The molecule has 1 amide bonds. The molecule has 6 nitrogen and oxygen atoms in total. The van der Waals surface area contributed by atoms with Gasteiger partial charge < -0.3 is 19.8 Å². The number of amides is 1. The molecule has 1 heterocycles. The molecule has 7 heteroatoms. The van der Waals surface area contributed by atoms with Crippen LogP contribution in [0.4, 0.5) is 0 Å². The average molecular weight is 317 g/mol. The van der Waals surface area contributed by atoms with Crippen molar-refractivity contribution in [1.82, 2.24) is 10.6 Å². The first-order chi connectivity index (χ1) is 9.60. The summed E-state index contributed by atoms with van der Waals surface area (Å²) in [6.45, 7) is 3.16. The number of methoxy groups -OCH3 is 1. The van der Waals surface area contributed by atoms with Crippen molar-refractivity contribution in [3.8, 4) is 0 Å². The maximum Gasteiger partial charge on any atom is 0.341 e. The number of rotatable bonds is 7. The van der Waals surface area contributed by atoms with E-state index in [0.29, 0.717) is 23.6 Å². The molecule has 21 heavy (non-hydrogen) atoms. The van der Waals surface area contributed by atoms with E-state index >= 15 is 0 Å². The van der Waals surface area contributed by atoms with Gasteiger partial charge in [-0.2, -0.15) is 0 Å². The summed E-state index contributed by atoms with van der Waals surface area (Å²) in [5.41, 5.74) is 0.392. The smallest absolute Gasteiger partial charge is 0.341 e. The zero-order valence-electron chi connectivity index (χ0n) is 12.2. The summed E-state index contributed by atoms with van der Waals surface area (Å²) in [5, 5.41) is 5.85. The van der Waals surface area contributed by atoms with Gasteiger partial charge >= 0.3 is 5.97 Å². The van der Waals surface area contributed by atoms with Gasteiger partial charge in [0.15, 0.2) is 0 Å². The Bertz CT molecular complexity index is 497. The number of furan rings is 1. The lowest BCUT2D eigenvalue weighted by molar-refractivity contribution is -0.120. The van der Waals surface area contributed by atoms with Crippen molar-refractivity contribution < 1.29 is 18.7 Å². The molecule has 0 atom stereocenters. The van der Waals surface area contributed by atoms with Crippen LogP contribution in [-0.4, -0.2) is 32.1 Å². The highest BCUT2D eigenvalue weighted by atomic mass is 35.5. The number of nitrogens with one attached hydrogen (secondary N) is 2. The topological polar surface area (TPSA) is 80.6 Å². The van der Waals surface area contributed by atoms with Crippen molar-refractivity contribution in [2.75, 3.05) is 20.2 Å². The summed E-state index contributed by atoms with van der Waals surface area (Å²) >= 11 is 0. The minimum absolute atomic E-state index is 0. The Labute approximate surface area is 130 Å². The van der Waals surface area contributed by atoms with Crippen LogP contribution in [0.5, 0.6) is 0 Å². The molecule has 1 aromatic heterocycles. The summed E-state index contributed by atoms with van der Waals surface area (Å²) < 4.78 is 10.0. The van der Waals surface area contributed by atoms with Crippen molar-refractivity contribution in [3.63, 3.8) is 0 Å². The van der Waals surface area contributed by atoms with Crippen LogP contribution >= 0.6 is 12.4 Å². The SMILES string of the molecule is COC(=O)c1cc(CNC(=O)CNCC2CC2)oc1C.Cl. The molecule has 1 aliphatic rings. The van der Waals surface area contributed by atoms with Crippen molar-refractivity contribution in [2.24, 2.45) is 5.92 Å². The van der Waals surface area contributed by atoms with Crippen LogP contribution in [-0.2, 0) is 16.1 Å². The molecule has 0 saturated heterocycles. The number of carbonyl (C=O) groups excluding carboxylic acids is 2. The maximum atomic E-state index is 11.6. The van der Waals surface area contributed by atoms with E-state index in [1.54, 1.807) is 13.0 Å². The number of hydrogen-bond donors (Lipinski definition) is 2. The lowest BCUT2D eigenvalue weighted by Crippen LogP contribution is -2.34. The van der Waals surface area contributed by atoms with Gasteiger partial charge in [-0.15, -0.1) is 12.4 Å². The third-order valence-corrected chi connectivity index (χ3v) is 3.25.